The van der Waals surface area contributed by atoms with Crippen molar-refractivity contribution in [2.75, 3.05) is 6.26 Å². The number of amides is 3. The highest BCUT2D eigenvalue weighted by molar-refractivity contribution is 7.98. The number of carbonyl (C=O) groups is 3. The Morgan fingerprint density at radius 3 is 2.39 bits per heavy atom. The number of carbonyl (C=O) groups excluding carboxylic acids is 3. The molecule has 0 saturated carbocycles. The second-order valence-electron chi connectivity index (χ2n) is 4.40. The third-order valence-corrected chi connectivity index (χ3v) is 3.59. The Kier molecular flexibility index (Phi) is 5.81. The van der Waals surface area contributed by atoms with Gasteiger partial charge in [-0.15, -0.1) is 11.8 Å². The van der Waals surface area contributed by atoms with Crippen LogP contribution in [0.5, 0.6) is 0 Å². The predicted octanol–water partition coefficient (Wildman–Crippen LogP) is 1.08. The monoisotopic (exact) mass is 333 g/mol. The molecule has 23 heavy (non-hydrogen) atoms. The first-order valence-corrected chi connectivity index (χ1v) is 7.87. The van der Waals surface area contributed by atoms with Crippen LogP contribution in [0.2, 0.25) is 0 Å². The molecule has 3 amide bonds. The fraction of sp³-hybridized carbons (Fsp3) is 0.133. The van der Waals surface area contributed by atoms with E-state index in [2.05, 4.69) is 16.2 Å². The van der Waals surface area contributed by atoms with Crippen molar-refractivity contribution in [2.24, 2.45) is 0 Å². The maximum absolute atomic E-state index is 11.8. The van der Waals surface area contributed by atoms with E-state index in [1.165, 1.54) is 6.26 Å². The SMILES string of the molecule is CSc1ccc(C(=O)NNC(=O)C(=O)NCc2ccco2)cc1. The van der Waals surface area contributed by atoms with Crippen LogP contribution in [0.25, 0.3) is 0 Å². The molecule has 120 valence electrons. The second kappa shape index (κ2) is 8.04. The molecular formula is C15H15N3O4S. The van der Waals surface area contributed by atoms with Gasteiger partial charge < -0.3 is 9.73 Å². The quantitative estimate of drug-likeness (QED) is 0.442. The van der Waals surface area contributed by atoms with Crippen LogP contribution in [0.15, 0.2) is 52.0 Å². The third kappa shape index (κ3) is 4.89. The maximum atomic E-state index is 11.8. The van der Waals surface area contributed by atoms with E-state index in [-0.39, 0.29) is 6.54 Å². The molecule has 0 aliphatic carbocycles. The highest BCUT2D eigenvalue weighted by Crippen LogP contribution is 2.14. The van der Waals surface area contributed by atoms with Gasteiger partial charge in [0, 0.05) is 10.5 Å². The number of furan rings is 1. The highest BCUT2D eigenvalue weighted by atomic mass is 32.2. The molecule has 0 radical (unpaired) electrons. The molecular weight excluding hydrogens is 318 g/mol. The van der Waals surface area contributed by atoms with Crippen molar-refractivity contribution >= 4 is 29.5 Å². The highest BCUT2D eigenvalue weighted by Gasteiger charge is 2.15. The average molecular weight is 333 g/mol. The summed E-state index contributed by atoms with van der Waals surface area (Å²) in [5, 5.41) is 2.36. The summed E-state index contributed by atoms with van der Waals surface area (Å²) in [6.45, 7) is 0.0867. The van der Waals surface area contributed by atoms with Crippen molar-refractivity contribution in [1.82, 2.24) is 16.2 Å². The number of benzene rings is 1. The molecule has 0 spiro atoms. The number of hydrazine groups is 1. The lowest BCUT2D eigenvalue weighted by Crippen LogP contribution is -2.48. The number of hydrogen-bond acceptors (Lipinski definition) is 5. The number of hydrogen-bond donors (Lipinski definition) is 3. The minimum atomic E-state index is -0.967. The van der Waals surface area contributed by atoms with E-state index >= 15 is 0 Å². The van der Waals surface area contributed by atoms with E-state index in [1.54, 1.807) is 48.2 Å². The molecule has 0 bridgehead atoms. The minimum Gasteiger partial charge on any atom is -0.467 e. The summed E-state index contributed by atoms with van der Waals surface area (Å²) in [6.07, 6.45) is 3.39. The molecule has 0 unspecified atom stereocenters. The van der Waals surface area contributed by atoms with Crippen LogP contribution in [0.4, 0.5) is 0 Å². The Balaban J connectivity index is 1.78. The van der Waals surface area contributed by atoms with E-state index < -0.39 is 17.7 Å². The predicted molar refractivity (Wildman–Crippen MR) is 84.4 cm³/mol. The van der Waals surface area contributed by atoms with Crippen LogP contribution in [0.3, 0.4) is 0 Å². The van der Waals surface area contributed by atoms with Crippen molar-refractivity contribution < 1.29 is 18.8 Å². The van der Waals surface area contributed by atoms with Crippen LogP contribution in [-0.2, 0) is 16.1 Å². The molecule has 0 aliphatic heterocycles. The third-order valence-electron chi connectivity index (χ3n) is 2.85. The van der Waals surface area contributed by atoms with Crippen molar-refractivity contribution in [3.05, 3.63) is 54.0 Å². The zero-order valence-corrected chi connectivity index (χ0v) is 13.1. The summed E-state index contributed by atoms with van der Waals surface area (Å²) in [5.41, 5.74) is 4.61. The Bertz CT molecular complexity index is 683. The van der Waals surface area contributed by atoms with E-state index in [0.717, 1.165) is 4.90 Å². The van der Waals surface area contributed by atoms with E-state index in [9.17, 15) is 14.4 Å². The molecule has 2 rings (SSSR count). The van der Waals surface area contributed by atoms with Gasteiger partial charge in [-0.1, -0.05) is 0 Å². The molecule has 2 aromatic rings. The summed E-state index contributed by atoms with van der Waals surface area (Å²) < 4.78 is 5.02. The normalized spacial score (nSPS) is 9.96. The van der Waals surface area contributed by atoms with Crippen LogP contribution in [0, 0.1) is 0 Å². The zero-order chi connectivity index (χ0) is 16.7. The Morgan fingerprint density at radius 1 is 1.04 bits per heavy atom. The molecule has 1 aromatic carbocycles. The first-order valence-electron chi connectivity index (χ1n) is 6.65. The first-order chi connectivity index (χ1) is 11.1. The summed E-state index contributed by atoms with van der Waals surface area (Å²) in [5.74, 6) is -1.83. The molecule has 0 fully saturated rings. The van der Waals surface area contributed by atoms with Gasteiger partial charge in [-0.2, -0.15) is 0 Å². The Labute approximate surface area is 136 Å². The molecule has 1 aromatic heterocycles. The minimum absolute atomic E-state index is 0.0867. The largest absolute Gasteiger partial charge is 0.467 e. The van der Waals surface area contributed by atoms with Crippen LogP contribution in [-0.4, -0.2) is 24.0 Å². The number of nitrogens with one attached hydrogen (secondary N) is 3. The first kappa shape index (κ1) is 16.6. The molecule has 0 atom stereocenters. The van der Waals surface area contributed by atoms with Crippen LogP contribution in [0.1, 0.15) is 16.1 Å². The van der Waals surface area contributed by atoms with E-state index in [0.29, 0.717) is 11.3 Å². The van der Waals surface area contributed by atoms with Gasteiger partial charge in [-0.05, 0) is 42.7 Å². The summed E-state index contributed by atoms with van der Waals surface area (Å²) in [4.78, 5) is 36.0. The number of thioether (sulfide) groups is 1. The molecule has 7 nitrogen and oxygen atoms in total. The fourth-order valence-corrected chi connectivity index (χ4v) is 2.05. The van der Waals surface area contributed by atoms with Crippen molar-refractivity contribution in [1.29, 1.82) is 0 Å². The Hall–Kier alpha value is -2.74. The maximum Gasteiger partial charge on any atom is 0.327 e. The van der Waals surface area contributed by atoms with Gasteiger partial charge in [0.1, 0.15) is 5.76 Å². The van der Waals surface area contributed by atoms with Crippen molar-refractivity contribution in [3.8, 4) is 0 Å². The lowest BCUT2D eigenvalue weighted by atomic mass is 10.2. The summed E-state index contributed by atoms with van der Waals surface area (Å²) in [7, 11) is 0. The molecule has 8 heteroatoms. The molecule has 3 N–H and O–H groups in total. The molecule has 1 heterocycles. The van der Waals surface area contributed by atoms with Gasteiger partial charge in [0.2, 0.25) is 0 Å². The average Bonchev–Trinajstić information content (AvgIpc) is 3.10. The van der Waals surface area contributed by atoms with Gasteiger partial charge in [0.15, 0.2) is 0 Å². The summed E-state index contributed by atoms with van der Waals surface area (Å²) in [6, 6.07) is 10.2. The van der Waals surface area contributed by atoms with Gasteiger partial charge in [0.05, 0.1) is 12.8 Å². The van der Waals surface area contributed by atoms with Gasteiger partial charge in [0.25, 0.3) is 5.91 Å². The van der Waals surface area contributed by atoms with Gasteiger partial charge in [-0.25, -0.2) is 0 Å². The van der Waals surface area contributed by atoms with Crippen molar-refractivity contribution in [2.45, 2.75) is 11.4 Å². The fourth-order valence-electron chi connectivity index (χ4n) is 1.65. The van der Waals surface area contributed by atoms with Crippen LogP contribution >= 0.6 is 11.8 Å². The van der Waals surface area contributed by atoms with Crippen molar-refractivity contribution in [3.63, 3.8) is 0 Å². The van der Waals surface area contributed by atoms with Gasteiger partial charge in [-0.3, -0.25) is 25.2 Å². The lowest BCUT2D eigenvalue weighted by molar-refractivity contribution is -0.139. The zero-order valence-electron chi connectivity index (χ0n) is 12.3. The van der Waals surface area contributed by atoms with E-state index in [4.69, 9.17) is 4.42 Å². The van der Waals surface area contributed by atoms with E-state index in [1.807, 2.05) is 6.26 Å². The smallest absolute Gasteiger partial charge is 0.327 e. The topological polar surface area (TPSA) is 100 Å². The summed E-state index contributed by atoms with van der Waals surface area (Å²) >= 11 is 1.55. The Morgan fingerprint density at radius 2 is 1.78 bits per heavy atom. The lowest BCUT2D eigenvalue weighted by Gasteiger charge is -2.07. The standard InChI is InChI=1S/C15H15N3O4S/c1-23-12-6-4-10(5-7-12)13(19)17-18-15(21)14(20)16-9-11-3-2-8-22-11/h2-8H,9H2,1H3,(H,16,20)(H,17,19)(H,18,21). The van der Waals surface area contributed by atoms with Gasteiger partial charge >= 0.3 is 11.8 Å². The van der Waals surface area contributed by atoms with Crippen LogP contribution < -0.4 is 16.2 Å². The second-order valence-corrected chi connectivity index (χ2v) is 5.28. The molecule has 0 saturated heterocycles. The molecule has 0 aliphatic rings. The number of rotatable bonds is 4.